The lowest BCUT2D eigenvalue weighted by Crippen LogP contribution is -2.07. The number of rotatable bonds is 8. The van der Waals surface area contributed by atoms with Crippen LogP contribution < -0.4 is 24.8 Å². The summed E-state index contributed by atoms with van der Waals surface area (Å²) in [5.41, 5.74) is 0.420. The summed E-state index contributed by atoms with van der Waals surface area (Å²) in [6.45, 7) is 0.171. The molecule has 0 saturated carbocycles. The van der Waals surface area contributed by atoms with Crippen molar-refractivity contribution in [3.05, 3.63) is 59.9 Å². The van der Waals surface area contributed by atoms with Gasteiger partial charge in [-0.05, 0) is 17.7 Å². The van der Waals surface area contributed by atoms with Crippen molar-refractivity contribution in [2.24, 2.45) is 0 Å². The Morgan fingerprint density at radius 3 is 2.16 bits per heavy atom. The van der Waals surface area contributed by atoms with Gasteiger partial charge in [-0.1, -0.05) is 12.1 Å². The zero-order valence-electron chi connectivity index (χ0n) is 17.1. The number of nitrogens with one attached hydrogen (secondary N) is 2. The van der Waals surface area contributed by atoms with E-state index < -0.39 is 11.7 Å². The Hall–Kier alpha value is -3.69. The minimum atomic E-state index is -4.39. The highest BCUT2D eigenvalue weighted by Crippen LogP contribution is 2.40. The first kappa shape index (κ1) is 22.0. The smallest absolute Gasteiger partial charge is 0.416 e. The van der Waals surface area contributed by atoms with Crippen LogP contribution in [0.5, 0.6) is 17.2 Å². The molecule has 0 unspecified atom stereocenters. The van der Waals surface area contributed by atoms with E-state index in [2.05, 4.69) is 20.6 Å². The minimum absolute atomic E-state index is 0.171. The van der Waals surface area contributed by atoms with Crippen LogP contribution in [0.1, 0.15) is 11.1 Å². The summed E-state index contributed by atoms with van der Waals surface area (Å²) in [7, 11) is 4.55. The average molecular weight is 434 g/mol. The summed E-state index contributed by atoms with van der Waals surface area (Å²) in [6.07, 6.45) is -3.04. The second-order valence-corrected chi connectivity index (χ2v) is 6.38. The molecule has 0 fully saturated rings. The number of hydrogen-bond acceptors (Lipinski definition) is 7. The van der Waals surface area contributed by atoms with Crippen molar-refractivity contribution in [1.29, 1.82) is 0 Å². The molecule has 0 atom stereocenters. The van der Waals surface area contributed by atoms with Crippen molar-refractivity contribution < 1.29 is 27.4 Å². The number of ether oxygens (including phenoxy) is 3. The second-order valence-electron chi connectivity index (χ2n) is 6.38. The lowest BCUT2D eigenvalue weighted by atomic mass is 10.1. The molecule has 1 aromatic heterocycles. The lowest BCUT2D eigenvalue weighted by Gasteiger charge is -2.15. The molecule has 0 aliphatic heterocycles. The molecular weight excluding hydrogens is 413 g/mol. The molecule has 3 rings (SSSR count). The van der Waals surface area contributed by atoms with E-state index in [1.807, 2.05) is 0 Å². The van der Waals surface area contributed by atoms with Crippen molar-refractivity contribution in [3.63, 3.8) is 0 Å². The number of aromatic nitrogens is 2. The molecule has 2 N–H and O–H groups in total. The normalized spacial score (nSPS) is 11.0. The third-order valence-corrected chi connectivity index (χ3v) is 4.33. The Labute approximate surface area is 177 Å². The number of anilines is 3. The average Bonchev–Trinajstić information content (AvgIpc) is 2.77. The third kappa shape index (κ3) is 5.47. The first-order valence-corrected chi connectivity index (χ1v) is 9.13. The van der Waals surface area contributed by atoms with Crippen LogP contribution in [0, 0.1) is 0 Å². The van der Waals surface area contributed by atoms with E-state index in [-0.39, 0.29) is 6.54 Å². The van der Waals surface area contributed by atoms with Crippen LogP contribution in [0.4, 0.5) is 30.5 Å². The molecule has 0 radical (unpaired) electrons. The molecule has 3 aromatic rings. The fourth-order valence-corrected chi connectivity index (χ4v) is 2.87. The molecule has 0 amide bonds. The monoisotopic (exact) mass is 434 g/mol. The van der Waals surface area contributed by atoms with E-state index >= 15 is 0 Å². The van der Waals surface area contributed by atoms with Gasteiger partial charge in [0, 0.05) is 30.4 Å². The summed E-state index contributed by atoms with van der Waals surface area (Å²) in [4.78, 5) is 8.27. The van der Waals surface area contributed by atoms with Gasteiger partial charge in [0.05, 0.1) is 26.9 Å². The van der Waals surface area contributed by atoms with E-state index in [1.54, 1.807) is 24.3 Å². The number of nitrogens with zero attached hydrogens (tertiary/aromatic N) is 2. The Bertz CT molecular complexity index is 1020. The number of hydrogen-bond donors (Lipinski definition) is 2. The molecule has 0 saturated heterocycles. The van der Waals surface area contributed by atoms with Crippen molar-refractivity contribution >= 4 is 17.3 Å². The minimum Gasteiger partial charge on any atom is -0.493 e. The largest absolute Gasteiger partial charge is 0.493 e. The van der Waals surface area contributed by atoms with E-state index in [9.17, 15) is 13.2 Å². The Balaban J connectivity index is 1.74. The molecule has 7 nitrogen and oxygen atoms in total. The quantitative estimate of drug-likeness (QED) is 0.523. The summed E-state index contributed by atoms with van der Waals surface area (Å²) in [5.74, 6) is 2.32. The molecule has 2 aromatic carbocycles. The number of halogens is 3. The number of methoxy groups -OCH3 is 3. The predicted octanol–water partition coefficient (Wildman–Crippen LogP) is 4.88. The Morgan fingerprint density at radius 2 is 1.55 bits per heavy atom. The zero-order chi connectivity index (χ0) is 22.4. The molecule has 0 aliphatic carbocycles. The standard InChI is InChI=1S/C21H21F3N4O3/c1-29-16-8-15(9-17(30-2)20(16)31-3)28-19-10-18(26-12-27-19)25-11-13-5-4-6-14(7-13)21(22,23)24/h4-10,12H,11H2,1-3H3,(H2,25,26,27,28). The molecule has 0 bridgehead atoms. The van der Waals surface area contributed by atoms with Crippen LogP contribution in [-0.2, 0) is 12.7 Å². The summed E-state index contributed by atoms with van der Waals surface area (Å²) >= 11 is 0. The van der Waals surface area contributed by atoms with Gasteiger partial charge in [0.25, 0.3) is 0 Å². The highest BCUT2D eigenvalue weighted by molar-refractivity contribution is 5.67. The van der Waals surface area contributed by atoms with Crippen LogP contribution in [0.3, 0.4) is 0 Å². The number of benzene rings is 2. The first-order valence-electron chi connectivity index (χ1n) is 9.13. The summed E-state index contributed by atoms with van der Waals surface area (Å²) in [6, 6.07) is 10.2. The fraction of sp³-hybridized carbons (Fsp3) is 0.238. The second kappa shape index (κ2) is 9.41. The maximum absolute atomic E-state index is 12.9. The third-order valence-electron chi connectivity index (χ3n) is 4.33. The molecular formula is C21H21F3N4O3. The van der Waals surface area contributed by atoms with Gasteiger partial charge < -0.3 is 24.8 Å². The maximum Gasteiger partial charge on any atom is 0.416 e. The first-order chi connectivity index (χ1) is 14.8. The van der Waals surface area contributed by atoms with Crippen LogP contribution in [-0.4, -0.2) is 31.3 Å². The lowest BCUT2D eigenvalue weighted by molar-refractivity contribution is -0.137. The molecule has 31 heavy (non-hydrogen) atoms. The van der Waals surface area contributed by atoms with E-state index in [0.29, 0.717) is 40.1 Å². The van der Waals surface area contributed by atoms with Crippen molar-refractivity contribution in [3.8, 4) is 17.2 Å². The van der Waals surface area contributed by atoms with E-state index in [4.69, 9.17) is 14.2 Å². The van der Waals surface area contributed by atoms with Crippen molar-refractivity contribution in [1.82, 2.24) is 9.97 Å². The highest BCUT2D eigenvalue weighted by atomic mass is 19.4. The number of alkyl halides is 3. The summed E-state index contributed by atoms with van der Waals surface area (Å²) in [5, 5.41) is 6.12. The van der Waals surface area contributed by atoms with Gasteiger partial charge >= 0.3 is 6.18 Å². The molecule has 164 valence electrons. The van der Waals surface area contributed by atoms with Gasteiger partial charge in [-0.15, -0.1) is 0 Å². The Kier molecular flexibility index (Phi) is 6.68. The van der Waals surface area contributed by atoms with Gasteiger partial charge in [0.1, 0.15) is 18.0 Å². The highest BCUT2D eigenvalue weighted by Gasteiger charge is 2.30. The van der Waals surface area contributed by atoms with Gasteiger partial charge in [0.2, 0.25) is 5.75 Å². The van der Waals surface area contributed by atoms with E-state index in [1.165, 1.54) is 33.7 Å². The van der Waals surface area contributed by atoms with Crippen LogP contribution in [0.2, 0.25) is 0 Å². The van der Waals surface area contributed by atoms with Crippen molar-refractivity contribution in [2.45, 2.75) is 12.7 Å². The molecule has 0 spiro atoms. The molecule has 1 heterocycles. The van der Waals surface area contributed by atoms with Crippen LogP contribution >= 0.6 is 0 Å². The van der Waals surface area contributed by atoms with E-state index in [0.717, 1.165) is 12.1 Å². The van der Waals surface area contributed by atoms with Gasteiger partial charge in [-0.2, -0.15) is 13.2 Å². The van der Waals surface area contributed by atoms with Crippen LogP contribution in [0.25, 0.3) is 0 Å². The van der Waals surface area contributed by atoms with Gasteiger partial charge in [0.15, 0.2) is 11.5 Å². The topological polar surface area (TPSA) is 77.5 Å². The maximum atomic E-state index is 12.9. The zero-order valence-corrected chi connectivity index (χ0v) is 17.1. The molecule has 10 heteroatoms. The fourth-order valence-electron chi connectivity index (χ4n) is 2.87. The molecule has 0 aliphatic rings. The van der Waals surface area contributed by atoms with Gasteiger partial charge in [-0.3, -0.25) is 0 Å². The van der Waals surface area contributed by atoms with Crippen molar-refractivity contribution in [2.75, 3.05) is 32.0 Å². The van der Waals surface area contributed by atoms with Crippen LogP contribution in [0.15, 0.2) is 48.8 Å². The predicted molar refractivity (Wildman–Crippen MR) is 110 cm³/mol. The Morgan fingerprint density at radius 1 is 0.871 bits per heavy atom. The van der Waals surface area contributed by atoms with Gasteiger partial charge in [-0.25, -0.2) is 9.97 Å². The summed E-state index contributed by atoms with van der Waals surface area (Å²) < 4.78 is 54.6. The SMILES string of the molecule is COc1cc(Nc2cc(NCc3cccc(C(F)(F)F)c3)ncn2)cc(OC)c1OC.